The first kappa shape index (κ1) is 23.4. The van der Waals surface area contributed by atoms with Gasteiger partial charge < -0.3 is 9.16 Å². The highest BCUT2D eigenvalue weighted by Crippen LogP contribution is 2.14. The Morgan fingerprint density at radius 2 is 1.46 bits per heavy atom. The first-order chi connectivity index (χ1) is 11.4. The van der Waals surface area contributed by atoms with E-state index in [2.05, 4.69) is 38.7 Å². The van der Waals surface area contributed by atoms with Crippen molar-refractivity contribution in [1.29, 1.82) is 0 Å². The molecule has 0 heterocycles. The topological polar surface area (TPSA) is 35.5 Å². The van der Waals surface area contributed by atoms with Crippen molar-refractivity contribution in [3.8, 4) is 0 Å². The molecule has 0 spiro atoms. The molecule has 0 saturated carbocycles. The number of rotatable bonds is 15. The first-order valence-corrected chi connectivity index (χ1v) is 13.2. The van der Waals surface area contributed by atoms with Crippen LogP contribution in [0.5, 0.6) is 0 Å². The molecule has 0 rings (SSSR count). The first-order valence-electron chi connectivity index (χ1n) is 9.81. The standard InChI is InChI=1S/C20H40O3Si/c1-6-7-8-9-10-11-12-13-14-15-16-17-18-19(20(21)22-2)23-24(3,4)5/h15-16,19H,6-14,17-18H2,1-5H3/b16-15+. The Bertz CT molecular complexity index is 334. The van der Waals surface area contributed by atoms with Gasteiger partial charge in [0.15, 0.2) is 8.32 Å². The summed E-state index contributed by atoms with van der Waals surface area (Å²) in [5.41, 5.74) is 0. The Hall–Kier alpha value is -0.613. The quantitative estimate of drug-likeness (QED) is 0.151. The van der Waals surface area contributed by atoms with E-state index in [1.807, 2.05) is 0 Å². The predicted octanol–water partition coefficient (Wildman–Crippen LogP) is 6.25. The minimum Gasteiger partial charge on any atom is -0.467 e. The number of unbranched alkanes of at least 4 members (excludes halogenated alkanes) is 8. The zero-order chi connectivity index (χ0) is 18.3. The maximum Gasteiger partial charge on any atom is 0.333 e. The van der Waals surface area contributed by atoms with Crippen molar-refractivity contribution >= 4 is 14.3 Å². The fourth-order valence-corrected chi connectivity index (χ4v) is 3.73. The summed E-state index contributed by atoms with van der Waals surface area (Å²) in [6.07, 6.45) is 17.6. The maximum absolute atomic E-state index is 11.8. The van der Waals surface area contributed by atoms with Gasteiger partial charge in [-0.25, -0.2) is 4.79 Å². The van der Waals surface area contributed by atoms with Crippen molar-refractivity contribution in [2.24, 2.45) is 0 Å². The monoisotopic (exact) mass is 356 g/mol. The van der Waals surface area contributed by atoms with Crippen molar-refractivity contribution in [1.82, 2.24) is 0 Å². The number of methoxy groups -OCH3 is 1. The van der Waals surface area contributed by atoms with Crippen molar-refractivity contribution in [2.75, 3.05) is 7.11 Å². The third-order valence-electron chi connectivity index (χ3n) is 3.95. The lowest BCUT2D eigenvalue weighted by atomic mass is 10.1. The summed E-state index contributed by atoms with van der Waals surface area (Å²) in [5.74, 6) is -0.242. The number of allylic oxidation sites excluding steroid dienone is 2. The van der Waals surface area contributed by atoms with Crippen LogP contribution in [0.25, 0.3) is 0 Å². The van der Waals surface area contributed by atoms with Crippen molar-refractivity contribution in [3.05, 3.63) is 12.2 Å². The van der Waals surface area contributed by atoms with E-state index in [4.69, 9.17) is 9.16 Å². The van der Waals surface area contributed by atoms with E-state index in [-0.39, 0.29) is 5.97 Å². The van der Waals surface area contributed by atoms with Crippen molar-refractivity contribution in [2.45, 2.75) is 103 Å². The average molecular weight is 357 g/mol. The van der Waals surface area contributed by atoms with E-state index >= 15 is 0 Å². The molecular formula is C20H40O3Si. The van der Waals surface area contributed by atoms with E-state index in [0.717, 1.165) is 12.8 Å². The number of esters is 1. The second-order valence-electron chi connectivity index (χ2n) is 7.55. The molecule has 0 aromatic heterocycles. The normalized spacial score (nSPS) is 13.4. The van der Waals surface area contributed by atoms with E-state index in [1.54, 1.807) is 0 Å². The van der Waals surface area contributed by atoms with Crippen LogP contribution < -0.4 is 0 Å². The summed E-state index contributed by atoms with van der Waals surface area (Å²) in [7, 11) is -0.295. The van der Waals surface area contributed by atoms with E-state index in [1.165, 1.54) is 58.5 Å². The predicted molar refractivity (Wildman–Crippen MR) is 106 cm³/mol. The SMILES string of the molecule is CCCCCCCCCC/C=C/CCC(O[Si](C)(C)C)C(=O)OC. The van der Waals surface area contributed by atoms with Gasteiger partial charge in [0.2, 0.25) is 0 Å². The van der Waals surface area contributed by atoms with Gasteiger partial charge in [0, 0.05) is 0 Å². The maximum atomic E-state index is 11.8. The molecule has 4 heteroatoms. The fourth-order valence-electron chi connectivity index (χ4n) is 2.66. The van der Waals surface area contributed by atoms with Gasteiger partial charge in [-0.2, -0.15) is 0 Å². The second kappa shape index (κ2) is 14.7. The minimum absolute atomic E-state index is 0.242. The van der Waals surface area contributed by atoms with E-state index in [9.17, 15) is 4.79 Å². The fraction of sp³-hybridized carbons (Fsp3) is 0.850. The smallest absolute Gasteiger partial charge is 0.333 e. The lowest BCUT2D eigenvalue weighted by molar-refractivity contribution is -0.149. The molecule has 24 heavy (non-hydrogen) atoms. The molecule has 3 nitrogen and oxygen atoms in total. The lowest BCUT2D eigenvalue weighted by Gasteiger charge is -2.24. The van der Waals surface area contributed by atoms with E-state index in [0.29, 0.717) is 6.42 Å². The van der Waals surface area contributed by atoms with Crippen LogP contribution in [0.4, 0.5) is 0 Å². The molecule has 1 unspecified atom stereocenters. The van der Waals surface area contributed by atoms with Crippen LogP contribution in [0, 0.1) is 0 Å². The van der Waals surface area contributed by atoms with E-state index < -0.39 is 14.4 Å². The summed E-state index contributed by atoms with van der Waals surface area (Å²) in [6.45, 7) is 8.56. The van der Waals surface area contributed by atoms with Gasteiger partial charge in [0.1, 0.15) is 6.10 Å². The van der Waals surface area contributed by atoms with Gasteiger partial charge in [0.25, 0.3) is 0 Å². The molecule has 142 valence electrons. The van der Waals surface area contributed by atoms with Crippen LogP contribution in [-0.4, -0.2) is 27.5 Å². The summed E-state index contributed by atoms with van der Waals surface area (Å²) in [5, 5.41) is 0. The average Bonchev–Trinajstić information content (AvgIpc) is 2.52. The molecule has 0 aliphatic carbocycles. The molecule has 0 aliphatic heterocycles. The molecule has 1 atom stereocenters. The van der Waals surface area contributed by atoms with Gasteiger partial charge in [-0.15, -0.1) is 0 Å². The second-order valence-corrected chi connectivity index (χ2v) is 12.0. The van der Waals surface area contributed by atoms with Crippen LogP contribution in [0.3, 0.4) is 0 Å². The molecular weight excluding hydrogens is 316 g/mol. The third-order valence-corrected chi connectivity index (χ3v) is 4.94. The Morgan fingerprint density at radius 3 is 2.00 bits per heavy atom. The Kier molecular flexibility index (Phi) is 14.3. The molecule has 0 fully saturated rings. The van der Waals surface area contributed by atoms with Gasteiger partial charge in [-0.1, -0.05) is 64.0 Å². The largest absolute Gasteiger partial charge is 0.467 e. The van der Waals surface area contributed by atoms with Gasteiger partial charge >= 0.3 is 5.97 Å². The molecule has 0 saturated heterocycles. The summed E-state index contributed by atoms with van der Waals surface area (Å²) >= 11 is 0. The van der Waals surface area contributed by atoms with Gasteiger partial charge in [-0.3, -0.25) is 0 Å². The van der Waals surface area contributed by atoms with Crippen LogP contribution in [0.15, 0.2) is 12.2 Å². The molecule has 0 radical (unpaired) electrons. The van der Waals surface area contributed by atoms with Crippen LogP contribution in [0.2, 0.25) is 19.6 Å². The highest BCUT2D eigenvalue weighted by molar-refractivity contribution is 6.69. The Labute approximate surface area is 151 Å². The highest BCUT2D eigenvalue weighted by Gasteiger charge is 2.26. The molecule has 0 aromatic carbocycles. The number of carbonyl (C=O) groups excluding carboxylic acids is 1. The molecule has 0 bridgehead atoms. The molecule has 0 aromatic rings. The van der Waals surface area contributed by atoms with Crippen LogP contribution >= 0.6 is 0 Å². The Morgan fingerprint density at radius 1 is 0.917 bits per heavy atom. The van der Waals surface area contributed by atoms with Crippen LogP contribution in [-0.2, 0) is 14.0 Å². The van der Waals surface area contributed by atoms with Gasteiger partial charge in [0.05, 0.1) is 7.11 Å². The number of hydrogen-bond acceptors (Lipinski definition) is 3. The zero-order valence-corrected chi connectivity index (χ0v) is 17.7. The highest BCUT2D eigenvalue weighted by atomic mass is 28.4. The van der Waals surface area contributed by atoms with Gasteiger partial charge in [-0.05, 0) is 45.3 Å². The zero-order valence-electron chi connectivity index (χ0n) is 16.7. The van der Waals surface area contributed by atoms with Crippen molar-refractivity contribution < 1.29 is 14.0 Å². The number of carbonyl (C=O) groups is 1. The molecule has 0 aliphatic rings. The van der Waals surface area contributed by atoms with Crippen molar-refractivity contribution in [3.63, 3.8) is 0 Å². The number of hydrogen-bond donors (Lipinski definition) is 0. The summed E-state index contributed by atoms with van der Waals surface area (Å²) < 4.78 is 10.8. The van der Waals surface area contributed by atoms with Crippen LogP contribution in [0.1, 0.15) is 77.6 Å². The number of ether oxygens (including phenoxy) is 1. The summed E-state index contributed by atoms with van der Waals surface area (Å²) in [4.78, 5) is 11.8. The minimum atomic E-state index is -1.73. The molecule has 0 amide bonds. The summed E-state index contributed by atoms with van der Waals surface area (Å²) in [6, 6.07) is 0. The lowest BCUT2D eigenvalue weighted by Crippen LogP contribution is -2.37. The molecule has 0 N–H and O–H groups in total. The Balaban J connectivity index is 3.72. The third kappa shape index (κ3) is 14.9.